The molecule has 1 aromatic carbocycles. The van der Waals surface area contributed by atoms with E-state index in [0.717, 1.165) is 16.6 Å². The SMILES string of the molecule is C=C(/C=C(/C1CN(C(=O)c2ccc3nc(N)sc3c2)CCC1C)n1ncnc1CC)C(F)F.CC. The van der Waals surface area contributed by atoms with Gasteiger partial charge in [0.1, 0.15) is 12.2 Å². The van der Waals surface area contributed by atoms with Gasteiger partial charge in [-0.1, -0.05) is 45.6 Å². The summed E-state index contributed by atoms with van der Waals surface area (Å²) in [6, 6.07) is 5.35. The first kappa shape index (κ1) is 26.5. The molecular weight excluding hydrogens is 470 g/mol. The van der Waals surface area contributed by atoms with Crippen LogP contribution in [-0.2, 0) is 6.42 Å². The number of carbonyl (C=O) groups excluding carboxylic acids is 1. The number of nitrogen functional groups attached to an aromatic ring is 1. The second-order valence-corrected chi connectivity index (χ2v) is 9.31. The number of alkyl halides is 2. The smallest absolute Gasteiger partial charge is 0.263 e. The number of likely N-dealkylation sites (tertiary alicyclic amines) is 1. The molecule has 10 heteroatoms. The molecule has 0 saturated carbocycles. The number of aryl methyl sites for hydroxylation is 1. The number of rotatable bonds is 6. The molecule has 3 aromatic rings. The van der Waals surface area contributed by atoms with Crippen molar-refractivity contribution in [2.45, 2.75) is 47.0 Å². The molecule has 2 aromatic heterocycles. The third kappa shape index (κ3) is 5.75. The summed E-state index contributed by atoms with van der Waals surface area (Å²) in [6.07, 6.45) is 1.48. The average Bonchev–Trinajstić information content (AvgIpc) is 3.48. The highest BCUT2D eigenvalue weighted by atomic mass is 32.1. The molecule has 188 valence electrons. The summed E-state index contributed by atoms with van der Waals surface area (Å²) in [5.41, 5.74) is 7.40. The van der Waals surface area contributed by atoms with Crippen LogP contribution in [0.4, 0.5) is 13.9 Å². The first-order chi connectivity index (χ1) is 16.8. The molecule has 1 aliphatic heterocycles. The quantitative estimate of drug-likeness (QED) is 0.448. The highest BCUT2D eigenvalue weighted by molar-refractivity contribution is 7.22. The Morgan fingerprint density at radius 2 is 2.11 bits per heavy atom. The van der Waals surface area contributed by atoms with Crippen molar-refractivity contribution in [3.05, 3.63) is 54.1 Å². The van der Waals surface area contributed by atoms with Crippen LogP contribution in [0.1, 0.15) is 50.3 Å². The largest absolute Gasteiger partial charge is 0.375 e. The number of carbonyl (C=O) groups is 1. The zero-order chi connectivity index (χ0) is 25.7. The van der Waals surface area contributed by atoms with Crippen LogP contribution >= 0.6 is 11.3 Å². The second kappa shape index (κ2) is 11.5. The summed E-state index contributed by atoms with van der Waals surface area (Å²) >= 11 is 1.34. The van der Waals surface area contributed by atoms with Gasteiger partial charge in [-0.25, -0.2) is 23.4 Å². The molecule has 3 heterocycles. The maximum atomic E-state index is 13.4. The summed E-state index contributed by atoms with van der Waals surface area (Å²) in [5, 5.41) is 4.76. The topological polar surface area (TPSA) is 89.9 Å². The lowest BCUT2D eigenvalue weighted by molar-refractivity contribution is 0.0652. The third-order valence-electron chi connectivity index (χ3n) is 6.07. The van der Waals surface area contributed by atoms with E-state index in [0.29, 0.717) is 41.7 Å². The van der Waals surface area contributed by atoms with Crippen molar-refractivity contribution in [2.24, 2.45) is 11.8 Å². The van der Waals surface area contributed by atoms with Gasteiger partial charge in [-0.3, -0.25) is 4.79 Å². The van der Waals surface area contributed by atoms with Gasteiger partial charge in [-0.15, -0.1) is 0 Å². The Balaban J connectivity index is 0.00000167. The van der Waals surface area contributed by atoms with Crippen LogP contribution < -0.4 is 5.73 Å². The van der Waals surface area contributed by atoms with Crippen LogP contribution in [0.25, 0.3) is 15.9 Å². The van der Waals surface area contributed by atoms with Crippen LogP contribution in [0.5, 0.6) is 0 Å². The highest BCUT2D eigenvalue weighted by Gasteiger charge is 2.34. The zero-order valence-electron chi connectivity index (χ0n) is 20.5. The maximum absolute atomic E-state index is 13.4. The monoisotopic (exact) mass is 502 g/mol. The summed E-state index contributed by atoms with van der Waals surface area (Å²) in [4.78, 5) is 23.6. The Bertz CT molecular complexity index is 1220. The number of anilines is 1. The van der Waals surface area contributed by atoms with Crippen molar-refractivity contribution < 1.29 is 13.6 Å². The normalized spacial score (nSPS) is 18.5. The summed E-state index contributed by atoms with van der Waals surface area (Å²) in [7, 11) is 0. The van der Waals surface area contributed by atoms with E-state index in [1.807, 2.05) is 20.8 Å². The lowest BCUT2D eigenvalue weighted by atomic mass is 9.83. The first-order valence-corrected chi connectivity index (χ1v) is 12.6. The number of fused-ring (bicyclic) bond motifs is 1. The molecule has 2 N–H and O–H groups in total. The van der Waals surface area contributed by atoms with E-state index < -0.39 is 6.43 Å². The second-order valence-electron chi connectivity index (χ2n) is 8.24. The van der Waals surface area contributed by atoms with Gasteiger partial charge in [0.2, 0.25) is 0 Å². The van der Waals surface area contributed by atoms with E-state index in [9.17, 15) is 13.6 Å². The van der Waals surface area contributed by atoms with Gasteiger partial charge < -0.3 is 10.6 Å². The number of halogens is 2. The van der Waals surface area contributed by atoms with Gasteiger partial charge in [0.15, 0.2) is 5.13 Å². The minimum absolute atomic E-state index is 0.109. The van der Waals surface area contributed by atoms with Crippen LogP contribution in [0, 0.1) is 11.8 Å². The number of hydrogen-bond acceptors (Lipinski definition) is 6. The predicted molar refractivity (Wildman–Crippen MR) is 137 cm³/mol. The summed E-state index contributed by atoms with van der Waals surface area (Å²) < 4.78 is 29.2. The Morgan fingerprint density at radius 1 is 1.37 bits per heavy atom. The number of amides is 1. The Kier molecular flexibility index (Phi) is 8.71. The fraction of sp³-hybridized carbons (Fsp3) is 0.440. The molecule has 1 aliphatic rings. The minimum atomic E-state index is -2.68. The van der Waals surface area contributed by atoms with Crippen molar-refractivity contribution in [3.8, 4) is 0 Å². The maximum Gasteiger partial charge on any atom is 0.263 e. The minimum Gasteiger partial charge on any atom is -0.375 e. The van der Waals surface area contributed by atoms with E-state index in [1.165, 1.54) is 23.7 Å². The van der Waals surface area contributed by atoms with E-state index in [2.05, 4.69) is 28.6 Å². The number of thiazole rings is 1. The van der Waals surface area contributed by atoms with Gasteiger partial charge in [0.05, 0.1) is 10.2 Å². The molecule has 0 bridgehead atoms. The van der Waals surface area contributed by atoms with E-state index in [4.69, 9.17) is 5.73 Å². The third-order valence-corrected chi connectivity index (χ3v) is 6.92. The Hall–Kier alpha value is -3.14. The fourth-order valence-electron chi connectivity index (χ4n) is 4.20. The molecule has 0 radical (unpaired) electrons. The Morgan fingerprint density at radius 3 is 2.80 bits per heavy atom. The van der Waals surface area contributed by atoms with Crippen LogP contribution in [0.2, 0.25) is 0 Å². The van der Waals surface area contributed by atoms with Crippen molar-refractivity contribution in [1.29, 1.82) is 0 Å². The molecule has 0 aliphatic carbocycles. The van der Waals surface area contributed by atoms with Crippen LogP contribution in [0.3, 0.4) is 0 Å². The molecule has 35 heavy (non-hydrogen) atoms. The molecule has 4 rings (SSSR count). The number of aromatic nitrogens is 4. The van der Waals surface area contributed by atoms with Gasteiger partial charge in [-0.05, 0) is 36.6 Å². The number of nitrogens with two attached hydrogens (primary N) is 1. The lowest BCUT2D eigenvalue weighted by Gasteiger charge is -2.38. The predicted octanol–water partition coefficient (Wildman–Crippen LogP) is 5.52. The summed E-state index contributed by atoms with van der Waals surface area (Å²) in [5.74, 6) is 0.519. The van der Waals surface area contributed by atoms with Gasteiger partial charge in [0.25, 0.3) is 12.3 Å². The fourth-order valence-corrected chi connectivity index (χ4v) is 4.97. The number of piperidine rings is 1. The van der Waals surface area contributed by atoms with E-state index in [1.54, 1.807) is 27.8 Å². The van der Waals surface area contributed by atoms with Gasteiger partial charge >= 0.3 is 0 Å². The van der Waals surface area contributed by atoms with Gasteiger partial charge in [0, 0.05) is 42.3 Å². The molecule has 1 amide bonds. The number of nitrogens with zero attached hydrogens (tertiary/aromatic N) is 5. The van der Waals surface area contributed by atoms with E-state index >= 15 is 0 Å². The lowest BCUT2D eigenvalue weighted by Crippen LogP contribution is -2.44. The van der Waals surface area contributed by atoms with E-state index in [-0.39, 0.29) is 23.3 Å². The van der Waals surface area contributed by atoms with Gasteiger partial charge in [-0.2, -0.15) is 5.10 Å². The number of allylic oxidation sites excluding steroid dienone is 2. The van der Waals surface area contributed by atoms with Crippen molar-refractivity contribution in [2.75, 3.05) is 18.8 Å². The average molecular weight is 503 g/mol. The molecule has 1 saturated heterocycles. The molecule has 1 fully saturated rings. The first-order valence-electron chi connectivity index (χ1n) is 11.8. The van der Waals surface area contributed by atoms with Crippen molar-refractivity contribution in [1.82, 2.24) is 24.6 Å². The van der Waals surface area contributed by atoms with Crippen LogP contribution in [-0.4, -0.2) is 50.1 Å². The van der Waals surface area contributed by atoms with Crippen molar-refractivity contribution in [3.63, 3.8) is 0 Å². The Labute approximate surface area is 208 Å². The summed E-state index contributed by atoms with van der Waals surface area (Å²) in [6.45, 7) is 12.5. The van der Waals surface area contributed by atoms with Crippen molar-refractivity contribution >= 4 is 38.3 Å². The molecule has 2 unspecified atom stereocenters. The number of benzene rings is 1. The molecule has 2 atom stereocenters. The standard InChI is InChI=1S/C23H26F2N6OS.C2H6/c1-4-20-27-12-28-31(20)18(9-14(3)21(24)25)16-11-30(8-7-13(16)2)22(32)15-5-6-17-19(10-15)33-23(26)29-17;1-2/h5-6,9-10,12-13,16,21H,3-4,7-8,11H2,1-2H3,(H2,26,29);1-2H3/b18-9-;. The zero-order valence-corrected chi connectivity index (χ0v) is 21.4. The molecule has 0 spiro atoms. The number of hydrogen-bond donors (Lipinski definition) is 1. The molecular formula is C25H32F2N6OS. The molecule has 7 nitrogen and oxygen atoms in total. The van der Waals surface area contributed by atoms with Crippen LogP contribution in [0.15, 0.2) is 42.8 Å². The highest BCUT2D eigenvalue weighted by Crippen LogP contribution is 2.34.